The van der Waals surface area contributed by atoms with E-state index in [0.29, 0.717) is 11.5 Å². The smallest absolute Gasteiger partial charge is 0.125 e. The Balaban J connectivity index is 2.50. The maximum Gasteiger partial charge on any atom is 0.125 e. The molecule has 0 aliphatic rings. The van der Waals surface area contributed by atoms with E-state index in [2.05, 4.69) is 9.89 Å². The van der Waals surface area contributed by atoms with E-state index in [-0.39, 0.29) is 0 Å². The van der Waals surface area contributed by atoms with E-state index >= 15 is 0 Å². The number of anilines is 1. The van der Waals surface area contributed by atoms with Crippen molar-refractivity contribution in [1.29, 1.82) is 0 Å². The Labute approximate surface area is 97.0 Å². The molecular formula is C12H20N4. The number of aliphatic imine (C=N–C) groups is 1. The van der Waals surface area contributed by atoms with E-state index in [4.69, 9.17) is 11.5 Å². The van der Waals surface area contributed by atoms with Crippen molar-refractivity contribution >= 4 is 11.5 Å². The Bertz CT molecular complexity index is 358. The Morgan fingerprint density at radius 3 is 2.75 bits per heavy atom. The molecule has 0 amide bonds. The molecule has 0 atom stereocenters. The highest BCUT2D eigenvalue weighted by atomic mass is 15.0. The van der Waals surface area contributed by atoms with Crippen molar-refractivity contribution in [3.05, 3.63) is 29.8 Å². The summed E-state index contributed by atoms with van der Waals surface area (Å²) in [6, 6.07) is 7.47. The van der Waals surface area contributed by atoms with Gasteiger partial charge in [-0.3, -0.25) is 4.99 Å². The molecule has 0 spiro atoms. The topological polar surface area (TPSA) is 67.6 Å². The first kappa shape index (κ1) is 12.5. The molecule has 0 fully saturated rings. The van der Waals surface area contributed by atoms with Crippen LogP contribution in [0.2, 0.25) is 0 Å². The lowest BCUT2D eigenvalue weighted by Crippen LogP contribution is -2.17. The summed E-state index contributed by atoms with van der Waals surface area (Å²) in [5, 5.41) is 0. The highest BCUT2D eigenvalue weighted by Crippen LogP contribution is 2.05. The molecule has 0 aromatic heterocycles. The van der Waals surface area contributed by atoms with Gasteiger partial charge >= 0.3 is 0 Å². The van der Waals surface area contributed by atoms with Crippen LogP contribution >= 0.6 is 0 Å². The summed E-state index contributed by atoms with van der Waals surface area (Å²) in [6.45, 7) is 1.77. The molecule has 1 aromatic rings. The van der Waals surface area contributed by atoms with E-state index in [1.54, 1.807) is 0 Å². The van der Waals surface area contributed by atoms with Crippen LogP contribution in [0, 0.1) is 0 Å². The van der Waals surface area contributed by atoms with E-state index in [1.165, 1.54) is 0 Å². The summed E-state index contributed by atoms with van der Waals surface area (Å²) in [4.78, 5) is 6.45. The number of hydrogen-bond donors (Lipinski definition) is 2. The monoisotopic (exact) mass is 220 g/mol. The minimum Gasteiger partial charge on any atom is -0.399 e. The zero-order valence-electron chi connectivity index (χ0n) is 9.98. The number of benzene rings is 1. The molecule has 0 saturated heterocycles. The lowest BCUT2D eigenvalue weighted by molar-refractivity contribution is 0.403. The third-order valence-electron chi connectivity index (χ3n) is 2.23. The minimum atomic E-state index is 0.561. The fourth-order valence-corrected chi connectivity index (χ4v) is 1.38. The molecule has 0 saturated carbocycles. The molecule has 88 valence electrons. The highest BCUT2D eigenvalue weighted by Gasteiger charge is 1.98. The molecule has 0 radical (unpaired) electrons. The molecular weight excluding hydrogens is 200 g/mol. The average molecular weight is 220 g/mol. The summed E-state index contributed by atoms with van der Waals surface area (Å²) in [5.74, 6) is 0.561. The quantitative estimate of drug-likeness (QED) is 0.336. The molecule has 0 unspecified atom stereocenters. The number of nitrogen functional groups attached to an aromatic ring is 1. The molecule has 4 heteroatoms. The van der Waals surface area contributed by atoms with E-state index in [0.717, 1.165) is 25.1 Å². The van der Waals surface area contributed by atoms with Crippen molar-refractivity contribution in [3.8, 4) is 0 Å². The summed E-state index contributed by atoms with van der Waals surface area (Å²) < 4.78 is 0. The lowest BCUT2D eigenvalue weighted by Gasteiger charge is -2.07. The molecule has 1 aromatic carbocycles. The fraction of sp³-hybridized carbons (Fsp3) is 0.417. The zero-order chi connectivity index (χ0) is 12.0. The van der Waals surface area contributed by atoms with Gasteiger partial charge in [-0.1, -0.05) is 12.1 Å². The SMILES string of the molecule is CN(C)CCCN=C(N)c1cccc(N)c1. The predicted octanol–water partition coefficient (Wildman–Crippen LogP) is 0.926. The van der Waals surface area contributed by atoms with Gasteiger partial charge in [0, 0.05) is 17.8 Å². The van der Waals surface area contributed by atoms with Crippen LogP contribution in [0.1, 0.15) is 12.0 Å². The van der Waals surface area contributed by atoms with Crippen LogP contribution in [-0.2, 0) is 0 Å². The number of hydrogen-bond acceptors (Lipinski definition) is 3. The van der Waals surface area contributed by atoms with Gasteiger partial charge in [-0.2, -0.15) is 0 Å². The van der Waals surface area contributed by atoms with Crippen molar-refractivity contribution in [3.63, 3.8) is 0 Å². The number of amidine groups is 1. The van der Waals surface area contributed by atoms with Crippen molar-refractivity contribution in [2.24, 2.45) is 10.7 Å². The third kappa shape index (κ3) is 4.31. The van der Waals surface area contributed by atoms with Crippen LogP contribution in [0.3, 0.4) is 0 Å². The fourth-order valence-electron chi connectivity index (χ4n) is 1.38. The summed E-state index contributed by atoms with van der Waals surface area (Å²) in [7, 11) is 4.09. The normalized spacial score (nSPS) is 12.1. The second-order valence-electron chi connectivity index (χ2n) is 4.05. The Kier molecular flexibility index (Phi) is 4.79. The van der Waals surface area contributed by atoms with Gasteiger partial charge in [0.15, 0.2) is 0 Å². The molecule has 4 N–H and O–H groups in total. The van der Waals surface area contributed by atoms with Crippen molar-refractivity contribution in [1.82, 2.24) is 4.90 Å². The second kappa shape index (κ2) is 6.12. The first-order chi connectivity index (χ1) is 7.59. The minimum absolute atomic E-state index is 0.561. The van der Waals surface area contributed by atoms with E-state index in [1.807, 2.05) is 38.4 Å². The van der Waals surface area contributed by atoms with Crippen LogP contribution in [0.4, 0.5) is 5.69 Å². The van der Waals surface area contributed by atoms with Gasteiger partial charge in [0.2, 0.25) is 0 Å². The predicted molar refractivity (Wildman–Crippen MR) is 69.6 cm³/mol. The standard InChI is InChI=1S/C12H20N4/c1-16(2)8-4-7-15-12(14)10-5-3-6-11(13)9-10/h3,5-6,9H,4,7-8,13H2,1-2H3,(H2,14,15). The van der Waals surface area contributed by atoms with E-state index < -0.39 is 0 Å². The molecule has 16 heavy (non-hydrogen) atoms. The van der Waals surface area contributed by atoms with Gasteiger partial charge in [0.05, 0.1) is 0 Å². The van der Waals surface area contributed by atoms with Crippen LogP contribution in [0.25, 0.3) is 0 Å². The van der Waals surface area contributed by atoms with Gasteiger partial charge in [0.1, 0.15) is 5.84 Å². The van der Waals surface area contributed by atoms with Gasteiger partial charge < -0.3 is 16.4 Å². The van der Waals surface area contributed by atoms with Crippen LogP contribution in [-0.4, -0.2) is 37.9 Å². The first-order valence-electron chi connectivity index (χ1n) is 5.40. The van der Waals surface area contributed by atoms with E-state index in [9.17, 15) is 0 Å². The highest BCUT2D eigenvalue weighted by molar-refractivity contribution is 5.98. The van der Waals surface area contributed by atoms with Crippen LogP contribution in [0.5, 0.6) is 0 Å². The van der Waals surface area contributed by atoms with Crippen molar-refractivity contribution < 1.29 is 0 Å². The molecule has 0 heterocycles. The maximum absolute atomic E-state index is 5.86. The average Bonchev–Trinajstić information content (AvgIpc) is 2.24. The molecule has 0 aliphatic heterocycles. The van der Waals surface area contributed by atoms with Crippen LogP contribution < -0.4 is 11.5 Å². The zero-order valence-corrected chi connectivity index (χ0v) is 9.98. The Morgan fingerprint density at radius 1 is 1.38 bits per heavy atom. The van der Waals surface area contributed by atoms with Gasteiger partial charge in [-0.15, -0.1) is 0 Å². The summed E-state index contributed by atoms with van der Waals surface area (Å²) >= 11 is 0. The lowest BCUT2D eigenvalue weighted by atomic mass is 10.2. The van der Waals surface area contributed by atoms with Gasteiger partial charge in [-0.05, 0) is 39.2 Å². The van der Waals surface area contributed by atoms with Crippen molar-refractivity contribution in [2.45, 2.75) is 6.42 Å². The second-order valence-corrected chi connectivity index (χ2v) is 4.05. The summed E-state index contributed by atoms with van der Waals surface area (Å²) in [5.41, 5.74) is 13.1. The molecule has 0 aliphatic carbocycles. The van der Waals surface area contributed by atoms with Crippen molar-refractivity contribution in [2.75, 3.05) is 32.9 Å². The molecule has 4 nitrogen and oxygen atoms in total. The number of nitrogens with zero attached hydrogens (tertiary/aromatic N) is 2. The number of nitrogens with two attached hydrogens (primary N) is 2. The Hall–Kier alpha value is -1.55. The molecule has 1 rings (SSSR count). The largest absolute Gasteiger partial charge is 0.399 e. The molecule has 0 bridgehead atoms. The number of rotatable bonds is 5. The maximum atomic E-state index is 5.86. The van der Waals surface area contributed by atoms with Crippen LogP contribution in [0.15, 0.2) is 29.3 Å². The van der Waals surface area contributed by atoms with Gasteiger partial charge in [-0.25, -0.2) is 0 Å². The summed E-state index contributed by atoms with van der Waals surface area (Å²) in [6.07, 6.45) is 1.01. The Morgan fingerprint density at radius 2 is 2.12 bits per heavy atom. The van der Waals surface area contributed by atoms with Gasteiger partial charge in [0.25, 0.3) is 0 Å². The first-order valence-corrected chi connectivity index (χ1v) is 5.40. The third-order valence-corrected chi connectivity index (χ3v) is 2.23.